The largest absolute Gasteiger partial charge is 0.481 e. The predicted molar refractivity (Wildman–Crippen MR) is 45.0 cm³/mol. The topological polar surface area (TPSA) is 63.6 Å². The molecule has 1 rings (SSSR count). The van der Waals surface area contributed by atoms with Gasteiger partial charge in [-0.05, 0) is 12.8 Å². The molecule has 0 aromatic carbocycles. The molecule has 0 aromatic rings. The average Bonchev–Trinajstić information content (AvgIpc) is 2.15. The van der Waals surface area contributed by atoms with Crippen LogP contribution >= 0.6 is 0 Å². The first-order valence-corrected chi connectivity index (χ1v) is 3.92. The molecule has 0 aliphatic heterocycles. The molecule has 0 bridgehead atoms. The van der Waals surface area contributed by atoms with Crippen LogP contribution < -0.4 is 0 Å². The highest BCUT2D eigenvalue weighted by Gasteiger charge is 2.34. The van der Waals surface area contributed by atoms with Gasteiger partial charge in [-0.1, -0.05) is 12.2 Å². The number of methoxy groups -OCH3 is 1. The van der Waals surface area contributed by atoms with E-state index < -0.39 is 30.8 Å². The molecule has 2 atom stereocenters. The third-order valence-corrected chi connectivity index (χ3v) is 2.15. The van der Waals surface area contributed by atoms with E-state index in [4.69, 9.17) is 9.22 Å². The van der Waals surface area contributed by atoms with Crippen LogP contribution in [0, 0.1) is 11.8 Å². The maximum Gasteiger partial charge on any atom is 0.309 e. The van der Waals surface area contributed by atoms with Crippen molar-refractivity contribution in [3.05, 3.63) is 12.2 Å². The minimum atomic E-state index is -2.82. The average molecular weight is 187 g/mol. The molecule has 0 radical (unpaired) electrons. The first-order valence-electron chi connectivity index (χ1n) is 5.42. The van der Waals surface area contributed by atoms with E-state index in [1.54, 1.807) is 12.2 Å². The minimum absolute atomic E-state index is 0.200. The lowest BCUT2D eigenvalue weighted by Crippen LogP contribution is -2.31. The van der Waals surface area contributed by atoms with Crippen molar-refractivity contribution in [1.82, 2.24) is 0 Å². The Labute approximate surface area is 80.4 Å². The maximum atomic E-state index is 11.4. The van der Waals surface area contributed by atoms with Crippen LogP contribution in [0.5, 0.6) is 0 Å². The van der Waals surface area contributed by atoms with Gasteiger partial charge < -0.3 is 9.84 Å². The Bertz CT molecular complexity index is 321. The summed E-state index contributed by atoms with van der Waals surface area (Å²) in [4.78, 5) is 22.3. The summed E-state index contributed by atoms with van der Waals surface area (Å²) in [7, 11) is -2.82. The summed E-state index contributed by atoms with van der Waals surface area (Å²) in [5.41, 5.74) is 0. The van der Waals surface area contributed by atoms with Gasteiger partial charge in [-0.15, -0.1) is 0 Å². The van der Waals surface area contributed by atoms with Crippen LogP contribution in [0.2, 0.25) is 0 Å². The molecule has 0 saturated heterocycles. The summed E-state index contributed by atoms with van der Waals surface area (Å²) in [6, 6.07) is 0. The normalized spacial score (nSPS) is 31.2. The van der Waals surface area contributed by atoms with E-state index in [2.05, 4.69) is 4.74 Å². The molecule has 0 heterocycles. The van der Waals surface area contributed by atoms with Crippen LogP contribution in [-0.2, 0) is 14.3 Å². The predicted octanol–water partition coefficient (Wildman–Crippen LogP) is 0.826. The second-order valence-electron chi connectivity index (χ2n) is 2.92. The van der Waals surface area contributed by atoms with Gasteiger partial charge in [-0.3, -0.25) is 9.59 Å². The van der Waals surface area contributed by atoms with Gasteiger partial charge in [0.1, 0.15) is 0 Å². The van der Waals surface area contributed by atoms with Gasteiger partial charge in [-0.2, -0.15) is 0 Å². The lowest BCUT2D eigenvalue weighted by Gasteiger charge is -2.22. The van der Waals surface area contributed by atoms with Crippen LogP contribution in [0.1, 0.15) is 17.0 Å². The third-order valence-electron chi connectivity index (χ3n) is 2.15. The first-order chi connectivity index (χ1) is 7.31. The molecule has 0 amide bonds. The molecule has 0 fully saturated rings. The van der Waals surface area contributed by atoms with Gasteiger partial charge in [0.05, 0.1) is 23.0 Å². The van der Waals surface area contributed by atoms with E-state index in [0.29, 0.717) is 0 Å². The van der Waals surface area contributed by atoms with Crippen molar-refractivity contribution in [2.75, 3.05) is 7.04 Å². The summed E-state index contributed by atoms with van der Waals surface area (Å²) in [5.74, 6) is -3.91. The highest BCUT2D eigenvalue weighted by Crippen LogP contribution is 2.26. The molecule has 13 heavy (non-hydrogen) atoms. The van der Waals surface area contributed by atoms with Crippen molar-refractivity contribution >= 4 is 11.9 Å². The van der Waals surface area contributed by atoms with Gasteiger partial charge in [0.25, 0.3) is 0 Å². The molecule has 0 saturated carbocycles. The monoisotopic (exact) mass is 187 g/mol. The quantitative estimate of drug-likeness (QED) is 0.513. The number of rotatable bonds is 2. The van der Waals surface area contributed by atoms with Crippen LogP contribution in [0.4, 0.5) is 0 Å². The summed E-state index contributed by atoms with van der Waals surface area (Å²) >= 11 is 0. The Kier molecular flexibility index (Phi) is 1.94. The Morgan fingerprint density at radius 3 is 2.62 bits per heavy atom. The van der Waals surface area contributed by atoms with E-state index in [1.165, 1.54) is 0 Å². The van der Waals surface area contributed by atoms with Crippen molar-refractivity contribution in [3.63, 3.8) is 0 Å². The number of carbonyl (C=O) groups excluding carboxylic acids is 1. The number of esters is 1. The fourth-order valence-corrected chi connectivity index (χ4v) is 1.42. The second kappa shape index (κ2) is 4.07. The van der Waals surface area contributed by atoms with Crippen LogP contribution in [0.3, 0.4) is 0 Å². The van der Waals surface area contributed by atoms with Gasteiger partial charge in [0, 0.05) is 0 Å². The molecule has 0 spiro atoms. The van der Waals surface area contributed by atoms with Crippen LogP contribution in [0.25, 0.3) is 0 Å². The van der Waals surface area contributed by atoms with Crippen molar-refractivity contribution < 1.29 is 23.5 Å². The van der Waals surface area contributed by atoms with Crippen molar-refractivity contribution in [3.8, 4) is 0 Å². The molecule has 0 unspecified atom stereocenters. The molecule has 4 heteroatoms. The molecular weight excluding hydrogens is 172 g/mol. The van der Waals surface area contributed by atoms with E-state index >= 15 is 0 Å². The van der Waals surface area contributed by atoms with Gasteiger partial charge in [-0.25, -0.2) is 0 Å². The van der Waals surface area contributed by atoms with Crippen LogP contribution in [0.15, 0.2) is 12.2 Å². The molecule has 72 valence electrons. The zero-order valence-corrected chi connectivity index (χ0v) is 6.90. The highest BCUT2D eigenvalue weighted by atomic mass is 16.5. The van der Waals surface area contributed by atoms with Gasteiger partial charge in [0.2, 0.25) is 0 Å². The number of hydrogen-bond donors (Lipinski definition) is 1. The summed E-state index contributed by atoms with van der Waals surface area (Å²) in [5, 5.41) is 8.87. The third kappa shape index (κ3) is 2.08. The maximum absolute atomic E-state index is 11.4. The standard InChI is InChI=1S/C9H12O4/c1-13-9(12)7-5-3-2-4-6(7)8(10)11/h2-3,6-7H,4-5H2,1H3,(H,10,11)/t6-,7+/m0/s1/i1D3. The van der Waals surface area contributed by atoms with E-state index in [9.17, 15) is 9.59 Å². The molecule has 4 nitrogen and oxygen atoms in total. The number of aliphatic carboxylic acids is 1. The fourth-order valence-electron chi connectivity index (χ4n) is 1.42. The minimum Gasteiger partial charge on any atom is -0.481 e. The summed E-state index contributed by atoms with van der Waals surface area (Å²) in [6.07, 6.45) is 3.74. The highest BCUT2D eigenvalue weighted by molar-refractivity contribution is 5.81. The zero-order chi connectivity index (χ0) is 12.3. The lowest BCUT2D eigenvalue weighted by atomic mass is 9.83. The van der Waals surface area contributed by atoms with Crippen LogP contribution in [-0.4, -0.2) is 24.1 Å². The Balaban J connectivity index is 2.73. The molecule has 1 N–H and O–H groups in total. The number of carboxylic acid groups (broad SMARTS) is 1. The number of ether oxygens (including phenoxy) is 1. The molecule has 1 aliphatic carbocycles. The SMILES string of the molecule is [2H]C([2H])([2H])OC(=O)[C@@H]1CC=CC[C@@H]1C(=O)O. The van der Waals surface area contributed by atoms with Crippen molar-refractivity contribution in [2.45, 2.75) is 12.8 Å². The second-order valence-corrected chi connectivity index (χ2v) is 2.92. The lowest BCUT2D eigenvalue weighted by molar-refractivity contribution is -0.155. The zero-order valence-electron chi connectivity index (χ0n) is 9.90. The van der Waals surface area contributed by atoms with Crippen molar-refractivity contribution in [2.24, 2.45) is 11.8 Å². The Morgan fingerprint density at radius 2 is 2.08 bits per heavy atom. The Hall–Kier alpha value is -1.32. The Morgan fingerprint density at radius 1 is 1.46 bits per heavy atom. The molecule has 1 aliphatic rings. The smallest absolute Gasteiger partial charge is 0.309 e. The molecular formula is C9H12O4. The fraction of sp³-hybridized carbons (Fsp3) is 0.556. The van der Waals surface area contributed by atoms with E-state index in [0.717, 1.165) is 0 Å². The van der Waals surface area contributed by atoms with Gasteiger partial charge in [0.15, 0.2) is 0 Å². The first kappa shape index (κ1) is 6.18. The van der Waals surface area contributed by atoms with E-state index in [1.807, 2.05) is 0 Å². The van der Waals surface area contributed by atoms with Crippen molar-refractivity contribution in [1.29, 1.82) is 0 Å². The number of carbonyl (C=O) groups is 2. The van der Waals surface area contributed by atoms with Gasteiger partial charge >= 0.3 is 11.9 Å². The summed E-state index contributed by atoms with van der Waals surface area (Å²) < 4.78 is 24.6. The van der Waals surface area contributed by atoms with E-state index in [-0.39, 0.29) is 12.8 Å². The number of carboxylic acids is 1. The summed E-state index contributed by atoms with van der Waals surface area (Å²) in [6.45, 7) is 0. The number of hydrogen-bond acceptors (Lipinski definition) is 3. The molecule has 0 aromatic heterocycles. The number of allylic oxidation sites excluding steroid dienone is 2.